The third-order valence-electron chi connectivity index (χ3n) is 3.26. The Labute approximate surface area is 133 Å². The molecule has 1 aromatic rings. The van der Waals surface area contributed by atoms with Gasteiger partial charge in [-0.25, -0.2) is 12.8 Å². The summed E-state index contributed by atoms with van der Waals surface area (Å²) >= 11 is 11.4. The number of hydrogen-bond acceptors (Lipinski definition) is 3. The molecule has 1 saturated heterocycles. The lowest BCUT2D eigenvalue weighted by Gasteiger charge is -2.33. The normalized spacial score (nSPS) is 17.9. The minimum absolute atomic E-state index is 0.00380. The quantitative estimate of drug-likeness (QED) is 0.835. The van der Waals surface area contributed by atoms with Gasteiger partial charge in [-0.05, 0) is 18.2 Å². The molecule has 0 aromatic heterocycles. The highest BCUT2D eigenvalue weighted by Gasteiger charge is 2.28. The molecule has 116 valence electrons. The van der Waals surface area contributed by atoms with Gasteiger partial charge in [0.05, 0.1) is 9.92 Å². The molecule has 1 aliphatic heterocycles. The number of piperazine rings is 1. The van der Waals surface area contributed by atoms with Crippen molar-refractivity contribution in [2.75, 3.05) is 32.7 Å². The van der Waals surface area contributed by atoms with E-state index in [1.165, 1.54) is 10.4 Å². The number of hydrogen-bond donors (Lipinski definition) is 0. The van der Waals surface area contributed by atoms with Gasteiger partial charge in [-0.1, -0.05) is 29.8 Å². The van der Waals surface area contributed by atoms with Crippen LogP contribution in [0, 0.1) is 5.82 Å². The Balaban J connectivity index is 2.11. The third-order valence-corrected chi connectivity index (χ3v) is 5.56. The van der Waals surface area contributed by atoms with E-state index < -0.39 is 15.8 Å². The molecule has 1 aromatic carbocycles. The molecule has 0 amide bonds. The average molecular weight is 353 g/mol. The molecule has 4 nitrogen and oxygen atoms in total. The van der Waals surface area contributed by atoms with E-state index in [-0.39, 0.29) is 9.92 Å². The monoisotopic (exact) mass is 352 g/mol. The molecule has 0 unspecified atom stereocenters. The molecule has 8 heteroatoms. The van der Waals surface area contributed by atoms with E-state index in [9.17, 15) is 12.8 Å². The van der Waals surface area contributed by atoms with Crippen molar-refractivity contribution in [3.05, 3.63) is 40.7 Å². The van der Waals surface area contributed by atoms with Gasteiger partial charge in [-0.15, -0.1) is 0 Å². The lowest BCUT2D eigenvalue weighted by atomic mass is 10.3. The number of halogens is 3. The van der Waals surface area contributed by atoms with Gasteiger partial charge in [0.1, 0.15) is 5.82 Å². The first-order valence-electron chi connectivity index (χ1n) is 6.31. The van der Waals surface area contributed by atoms with E-state index in [2.05, 4.69) is 6.58 Å². The van der Waals surface area contributed by atoms with Gasteiger partial charge in [0.25, 0.3) is 0 Å². The van der Waals surface area contributed by atoms with Crippen molar-refractivity contribution in [3.8, 4) is 0 Å². The molecule has 21 heavy (non-hydrogen) atoms. The maximum Gasteiger partial charge on any atom is 0.243 e. The Kier molecular flexibility index (Phi) is 5.27. The van der Waals surface area contributed by atoms with Crippen LogP contribution in [-0.4, -0.2) is 50.3 Å². The summed E-state index contributed by atoms with van der Waals surface area (Å²) in [7, 11) is -3.65. The Hall–Kier alpha value is -0.660. The number of nitrogens with zero attached hydrogens (tertiary/aromatic N) is 2. The molecule has 0 N–H and O–H groups in total. The highest BCUT2D eigenvalue weighted by molar-refractivity contribution is 7.89. The maximum absolute atomic E-state index is 13.1. The van der Waals surface area contributed by atoms with Crippen LogP contribution in [0.5, 0.6) is 0 Å². The van der Waals surface area contributed by atoms with Gasteiger partial charge in [0, 0.05) is 37.8 Å². The SMILES string of the molecule is C=C(Cl)CN1CCN(S(=O)(=O)c2ccc(F)c(Cl)c2)CC1. The van der Waals surface area contributed by atoms with Crippen molar-refractivity contribution in [2.45, 2.75) is 4.90 Å². The minimum atomic E-state index is -3.65. The van der Waals surface area contributed by atoms with Gasteiger partial charge < -0.3 is 0 Å². The Morgan fingerprint density at radius 3 is 2.43 bits per heavy atom. The van der Waals surface area contributed by atoms with E-state index in [0.29, 0.717) is 37.8 Å². The van der Waals surface area contributed by atoms with Crippen molar-refractivity contribution in [2.24, 2.45) is 0 Å². The number of benzene rings is 1. The van der Waals surface area contributed by atoms with E-state index in [4.69, 9.17) is 23.2 Å². The van der Waals surface area contributed by atoms with Crippen LogP contribution < -0.4 is 0 Å². The first-order valence-corrected chi connectivity index (χ1v) is 8.51. The van der Waals surface area contributed by atoms with Crippen molar-refractivity contribution in [1.82, 2.24) is 9.21 Å². The predicted molar refractivity (Wildman–Crippen MR) is 81.6 cm³/mol. The Bertz CT molecular complexity index is 644. The van der Waals surface area contributed by atoms with Crippen molar-refractivity contribution >= 4 is 33.2 Å². The molecule has 1 aliphatic rings. The zero-order valence-corrected chi connectivity index (χ0v) is 13.6. The Morgan fingerprint density at radius 2 is 1.90 bits per heavy atom. The molecule has 1 fully saturated rings. The van der Waals surface area contributed by atoms with Crippen molar-refractivity contribution in [1.29, 1.82) is 0 Å². The average Bonchev–Trinajstić information content (AvgIpc) is 2.41. The molecular formula is C13H15Cl2FN2O2S. The van der Waals surface area contributed by atoms with Gasteiger partial charge in [0.2, 0.25) is 10.0 Å². The fourth-order valence-corrected chi connectivity index (χ4v) is 4.02. The highest BCUT2D eigenvalue weighted by Crippen LogP contribution is 2.23. The van der Waals surface area contributed by atoms with E-state index >= 15 is 0 Å². The summed E-state index contributed by atoms with van der Waals surface area (Å²) in [4.78, 5) is 2.03. The summed E-state index contributed by atoms with van der Waals surface area (Å²) < 4.78 is 39.4. The standard InChI is InChI=1S/C13H15Cl2FN2O2S/c1-10(14)9-17-4-6-18(7-5-17)21(19,20)11-2-3-13(16)12(15)8-11/h2-3,8H,1,4-7,9H2. The second-order valence-electron chi connectivity index (χ2n) is 4.77. The third kappa shape index (κ3) is 3.96. The van der Waals surface area contributed by atoms with Gasteiger partial charge in [-0.3, -0.25) is 4.90 Å². The second kappa shape index (κ2) is 6.62. The molecule has 0 saturated carbocycles. The smallest absolute Gasteiger partial charge is 0.243 e. The van der Waals surface area contributed by atoms with Gasteiger partial charge in [0.15, 0.2) is 0 Å². The second-order valence-corrected chi connectivity index (χ2v) is 7.65. The first kappa shape index (κ1) is 16.7. The topological polar surface area (TPSA) is 40.6 Å². The van der Waals surface area contributed by atoms with Crippen LogP contribution in [0.15, 0.2) is 34.7 Å². The lowest BCUT2D eigenvalue weighted by molar-refractivity contribution is 0.203. The van der Waals surface area contributed by atoms with Crippen LogP contribution in [0.3, 0.4) is 0 Å². The van der Waals surface area contributed by atoms with Crippen LogP contribution in [0.4, 0.5) is 4.39 Å². The molecular weight excluding hydrogens is 338 g/mol. The summed E-state index contributed by atoms with van der Waals surface area (Å²) in [5.74, 6) is -0.638. The molecule has 0 bridgehead atoms. The summed E-state index contributed by atoms with van der Waals surface area (Å²) in [6, 6.07) is 3.42. The fraction of sp³-hybridized carbons (Fsp3) is 0.385. The Morgan fingerprint density at radius 1 is 1.29 bits per heavy atom. The van der Waals surface area contributed by atoms with E-state index in [0.717, 1.165) is 12.1 Å². The first-order chi connectivity index (χ1) is 9.80. The predicted octanol–water partition coefficient (Wildman–Crippen LogP) is 2.54. The summed E-state index contributed by atoms with van der Waals surface area (Å²) in [5, 5.41) is 0.324. The van der Waals surface area contributed by atoms with Crippen LogP contribution in [0.25, 0.3) is 0 Å². The molecule has 0 atom stereocenters. The van der Waals surface area contributed by atoms with E-state index in [1.54, 1.807) is 0 Å². The molecule has 0 spiro atoms. The number of sulfonamides is 1. The molecule has 0 radical (unpaired) electrons. The zero-order valence-electron chi connectivity index (χ0n) is 11.2. The molecule has 1 heterocycles. The molecule has 2 rings (SSSR count). The maximum atomic E-state index is 13.1. The minimum Gasteiger partial charge on any atom is -0.296 e. The van der Waals surface area contributed by atoms with E-state index in [1.807, 2.05) is 4.90 Å². The highest BCUT2D eigenvalue weighted by atomic mass is 35.5. The number of rotatable bonds is 4. The molecule has 0 aliphatic carbocycles. The van der Waals surface area contributed by atoms with Crippen LogP contribution in [-0.2, 0) is 10.0 Å². The van der Waals surface area contributed by atoms with Gasteiger partial charge in [-0.2, -0.15) is 4.31 Å². The summed E-state index contributed by atoms with van der Waals surface area (Å²) in [6.45, 7) is 6.00. The summed E-state index contributed by atoms with van der Waals surface area (Å²) in [5.41, 5.74) is 0. The van der Waals surface area contributed by atoms with Crippen molar-refractivity contribution < 1.29 is 12.8 Å². The zero-order chi connectivity index (χ0) is 15.6. The van der Waals surface area contributed by atoms with Crippen molar-refractivity contribution in [3.63, 3.8) is 0 Å². The van der Waals surface area contributed by atoms with Crippen LogP contribution >= 0.6 is 23.2 Å². The summed E-state index contributed by atoms with van der Waals surface area (Å²) in [6.07, 6.45) is 0. The van der Waals surface area contributed by atoms with Gasteiger partial charge >= 0.3 is 0 Å². The van der Waals surface area contributed by atoms with Crippen LogP contribution in [0.1, 0.15) is 0 Å². The lowest BCUT2D eigenvalue weighted by Crippen LogP contribution is -2.48. The largest absolute Gasteiger partial charge is 0.296 e. The fourth-order valence-electron chi connectivity index (χ4n) is 2.16. The van der Waals surface area contributed by atoms with Crippen LogP contribution in [0.2, 0.25) is 5.02 Å².